The zero-order valence-electron chi connectivity index (χ0n) is 9.31. The number of thioether (sulfide) groups is 1. The van der Waals surface area contributed by atoms with Crippen LogP contribution in [0.15, 0.2) is 0 Å². The Balaban J connectivity index is 2.13. The predicted octanol–water partition coefficient (Wildman–Crippen LogP) is 0.151. The third kappa shape index (κ3) is 2.25. The van der Waals surface area contributed by atoms with Gasteiger partial charge < -0.3 is 10.8 Å². The van der Waals surface area contributed by atoms with E-state index in [2.05, 4.69) is 0 Å². The Labute approximate surface area is 101 Å². The molecule has 3 N–H and O–H groups in total. The van der Waals surface area contributed by atoms with Crippen LogP contribution in [-0.4, -0.2) is 47.7 Å². The Bertz CT molecular complexity index is 346. The first-order valence-electron chi connectivity index (χ1n) is 5.66. The first kappa shape index (κ1) is 12.7. The van der Waals surface area contributed by atoms with E-state index in [0.717, 1.165) is 11.5 Å². The molecule has 0 aromatic rings. The fourth-order valence-electron chi connectivity index (χ4n) is 2.57. The summed E-state index contributed by atoms with van der Waals surface area (Å²) >= 11 is 1.83. The topological polar surface area (TPSA) is 80.4 Å². The third-order valence-electron chi connectivity index (χ3n) is 3.97. The largest absolute Gasteiger partial charge is 0.388 e. The van der Waals surface area contributed by atoms with Crippen LogP contribution in [0.25, 0.3) is 0 Å². The van der Waals surface area contributed by atoms with Crippen molar-refractivity contribution in [3.8, 4) is 0 Å². The fraction of sp³-hybridized carbons (Fsp3) is 1.00. The molecule has 0 aromatic carbocycles. The highest BCUT2D eigenvalue weighted by Gasteiger charge is 2.50. The normalized spacial score (nSPS) is 32.1. The van der Waals surface area contributed by atoms with Crippen molar-refractivity contribution < 1.29 is 13.5 Å². The van der Waals surface area contributed by atoms with Gasteiger partial charge in [-0.2, -0.15) is 11.8 Å². The minimum absolute atomic E-state index is 0.124. The van der Waals surface area contributed by atoms with Crippen LogP contribution < -0.4 is 5.73 Å². The highest BCUT2D eigenvalue weighted by molar-refractivity contribution is 7.99. The van der Waals surface area contributed by atoms with Crippen molar-refractivity contribution in [3.63, 3.8) is 0 Å². The molecule has 0 saturated carbocycles. The minimum atomic E-state index is -2.92. The third-order valence-corrected chi connectivity index (χ3v) is 6.60. The summed E-state index contributed by atoms with van der Waals surface area (Å²) in [5.41, 5.74) is 4.72. The highest BCUT2D eigenvalue weighted by atomic mass is 32.2. The maximum absolute atomic E-state index is 11.4. The van der Waals surface area contributed by atoms with Crippen molar-refractivity contribution >= 4 is 21.6 Å². The molecule has 16 heavy (non-hydrogen) atoms. The first-order valence-corrected chi connectivity index (χ1v) is 8.64. The molecule has 6 heteroatoms. The highest BCUT2D eigenvalue weighted by Crippen LogP contribution is 2.40. The van der Waals surface area contributed by atoms with Crippen LogP contribution in [0.3, 0.4) is 0 Å². The molecule has 0 atom stereocenters. The zero-order chi connectivity index (χ0) is 11.9. The molecule has 0 unspecified atom stereocenters. The van der Waals surface area contributed by atoms with E-state index < -0.39 is 21.0 Å². The van der Waals surface area contributed by atoms with E-state index in [1.54, 1.807) is 0 Å². The summed E-state index contributed by atoms with van der Waals surface area (Å²) in [5, 5.41) is 10.6. The molecular formula is C10H19NO3S2. The number of aliphatic hydroxyl groups is 1. The number of hydrogen-bond acceptors (Lipinski definition) is 5. The second-order valence-corrected chi connectivity index (χ2v) is 8.48. The molecule has 0 aliphatic carbocycles. The number of sulfone groups is 1. The molecule has 0 amide bonds. The lowest BCUT2D eigenvalue weighted by Crippen LogP contribution is -2.64. The van der Waals surface area contributed by atoms with E-state index in [4.69, 9.17) is 5.73 Å². The van der Waals surface area contributed by atoms with E-state index >= 15 is 0 Å². The Hall–Kier alpha value is 0.220. The molecule has 2 heterocycles. The Morgan fingerprint density at radius 1 is 1.06 bits per heavy atom. The van der Waals surface area contributed by atoms with Gasteiger partial charge in [-0.05, 0) is 37.2 Å². The van der Waals surface area contributed by atoms with Gasteiger partial charge in [-0.15, -0.1) is 0 Å². The standard InChI is InChI=1S/C10H19NO3S2/c11-9(3-7-16(13,14)8-4-9)10(12)1-5-15-6-2-10/h12H,1-8,11H2. The van der Waals surface area contributed by atoms with E-state index in [1.165, 1.54) is 0 Å². The Morgan fingerprint density at radius 2 is 1.56 bits per heavy atom. The van der Waals surface area contributed by atoms with Crippen molar-refractivity contribution in [3.05, 3.63) is 0 Å². The molecule has 2 fully saturated rings. The van der Waals surface area contributed by atoms with Gasteiger partial charge in [-0.3, -0.25) is 0 Å². The van der Waals surface area contributed by atoms with Gasteiger partial charge in [-0.25, -0.2) is 8.42 Å². The monoisotopic (exact) mass is 265 g/mol. The van der Waals surface area contributed by atoms with E-state index in [0.29, 0.717) is 25.7 Å². The van der Waals surface area contributed by atoms with Crippen molar-refractivity contribution in [2.75, 3.05) is 23.0 Å². The summed E-state index contributed by atoms with van der Waals surface area (Å²) in [7, 11) is -2.92. The molecule has 0 bridgehead atoms. The first-order chi connectivity index (χ1) is 7.37. The van der Waals surface area contributed by atoms with Crippen LogP contribution in [0.1, 0.15) is 25.7 Å². The molecule has 0 aromatic heterocycles. The molecule has 94 valence electrons. The van der Waals surface area contributed by atoms with E-state index in [-0.39, 0.29) is 11.5 Å². The molecule has 0 radical (unpaired) electrons. The molecule has 4 nitrogen and oxygen atoms in total. The van der Waals surface area contributed by atoms with E-state index in [1.807, 2.05) is 11.8 Å². The molecule has 2 saturated heterocycles. The Morgan fingerprint density at radius 3 is 2.06 bits per heavy atom. The summed E-state index contributed by atoms with van der Waals surface area (Å²) in [6.45, 7) is 0. The average Bonchev–Trinajstić information content (AvgIpc) is 2.24. The molecular weight excluding hydrogens is 246 g/mol. The predicted molar refractivity (Wildman–Crippen MR) is 66.3 cm³/mol. The van der Waals surface area contributed by atoms with Crippen LogP contribution in [0, 0.1) is 0 Å². The number of hydrogen-bond donors (Lipinski definition) is 2. The smallest absolute Gasteiger partial charge is 0.150 e. The van der Waals surface area contributed by atoms with Gasteiger partial charge in [0.1, 0.15) is 9.84 Å². The quantitative estimate of drug-likeness (QED) is 0.705. The van der Waals surface area contributed by atoms with Gasteiger partial charge in [0.15, 0.2) is 0 Å². The fourth-order valence-corrected chi connectivity index (χ4v) is 5.30. The van der Waals surface area contributed by atoms with Crippen molar-refractivity contribution in [2.45, 2.75) is 36.8 Å². The number of nitrogens with two attached hydrogens (primary N) is 1. The maximum atomic E-state index is 11.4. The molecule has 2 aliphatic rings. The zero-order valence-corrected chi connectivity index (χ0v) is 10.9. The summed E-state index contributed by atoms with van der Waals surface area (Å²) in [5.74, 6) is 2.09. The lowest BCUT2D eigenvalue weighted by molar-refractivity contribution is -0.0473. The lowest BCUT2D eigenvalue weighted by Gasteiger charge is -2.48. The van der Waals surface area contributed by atoms with Crippen molar-refractivity contribution in [2.24, 2.45) is 5.73 Å². The van der Waals surface area contributed by atoms with Crippen LogP contribution in [0.2, 0.25) is 0 Å². The minimum Gasteiger partial charge on any atom is -0.388 e. The maximum Gasteiger partial charge on any atom is 0.150 e. The van der Waals surface area contributed by atoms with Gasteiger partial charge in [-0.1, -0.05) is 0 Å². The summed E-state index contributed by atoms with van der Waals surface area (Å²) in [6, 6.07) is 0. The van der Waals surface area contributed by atoms with E-state index in [9.17, 15) is 13.5 Å². The van der Waals surface area contributed by atoms with Gasteiger partial charge in [0.25, 0.3) is 0 Å². The molecule has 2 rings (SSSR count). The molecule has 0 spiro atoms. The number of rotatable bonds is 1. The van der Waals surface area contributed by atoms with Crippen LogP contribution in [0.5, 0.6) is 0 Å². The second kappa shape index (κ2) is 4.15. The average molecular weight is 265 g/mol. The van der Waals surface area contributed by atoms with Crippen LogP contribution in [-0.2, 0) is 9.84 Å². The molecule has 2 aliphatic heterocycles. The van der Waals surface area contributed by atoms with Crippen molar-refractivity contribution in [1.29, 1.82) is 0 Å². The van der Waals surface area contributed by atoms with Gasteiger partial charge in [0.05, 0.1) is 17.1 Å². The summed E-state index contributed by atoms with van der Waals surface area (Å²) in [4.78, 5) is 0. The summed E-state index contributed by atoms with van der Waals surface area (Å²) < 4.78 is 22.8. The van der Waals surface area contributed by atoms with Gasteiger partial charge in [0, 0.05) is 5.54 Å². The van der Waals surface area contributed by atoms with Crippen molar-refractivity contribution in [1.82, 2.24) is 0 Å². The van der Waals surface area contributed by atoms with Crippen LogP contribution in [0.4, 0.5) is 0 Å². The van der Waals surface area contributed by atoms with Gasteiger partial charge >= 0.3 is 0 Å². The lowest BCUT2D eigenvalue weighted by atomic mass is 9.72. The Kier molecular flexibility index (Phi) is 3.29. The van der Waals surface area contributed by atoms with Gasteiger partial charge in [0.2, 0.25) is 0 Å². The van der Waals surface area contributed by atoms with Crippen LogP contribution >= 0.6 is 11.8 Å². The SMILES string of the molecule is NC1(C2(O)CCSCC2)CCS(=O)(=O)CC1. The second-order valence-electron chi connectivity index (χ2n) is 4.95. The summed E-state index contributed by atoms with van der Waals surface area (Å²) in [6.07, 6.45) is 2.18.